The summed E-state index contributed by atoms with van der Waals surface area (Å²) in [5.41, 5.74) is 3.71. The SMILES string of the molecule is CCOC(=O)CN1CCC(OC(c2ccccc2)c2ccc(CC)cc2)CC1. The number of hydrogen-bond acceptors (Lipinski definition) is 4. The molecule has 4 nitrogen and oxygen atoms in total. The molecule has 1 aliphatic heterocycles. The van der Waals surface area contributed by atoms with Crippen molar-refractivity contribution in [3.05, 3.63) is 71.3 Å². The van der Waals surface area contributed by atoms with E-state index in [1.807, 2.05) is 13.0 Å². The topological polar surface area (TPSA) is 38.8 Å². The number of hydrogen-bond donors (Lipinski definition) is 0. The first kappa shape index (κ1) is 20.6. The number of piperidine rings is 1. The standard InChI is InChI=1S/C24H31NO3/c1-3-19-10-12-21(13-11-19)24(20-8-6-5-7-9-20)28-22-14-16-25(17-15-22)18-23(26)27-4-2/h5-13,22,24H,3-4,14-18H2,1-2H3. The Morgan fingerprint density at radius 1 is 1.00 bits per heavy atom. The molecular weight excluding hydrogens is 350 g/mol. The maximum atomic E-state index is 11.7. The van der Waals surface area contributed by atoms with Crippen LogP contribution in [-0.2, 0) is 20.7 Å². The molecule has 0 aromatic heterocycles. The van der Waals surface area contributed by atoms with Crippen LogP contribution in [0, 0.1) is 0 Å². The van der Waals surface area contributed by atoms with Gasteiger partial charge in [-0.25, -0.2) is 0 Å². The first-order valence-corrected chi connectivity index (χ1v) is 10.4. The van der Waals surface area contributed by atoms with Gasteiger partial charge in [-0.15, -0.1) is 0 Å². The van der Waals surface area contributed by atoms with Gasteiger partial charge in [0.15, 0.2) is 0 Å². The van der Waals surface area contributed by atoms with Crippen LogP contribution in [-0.4, -0.2) is 43.2 Å². The third kappa shape index (κ3) is 5.66. The van der Waals surface area contributed by atoms with Crippen molar-refractivity contribution in [3.8, 4) is 0 Å². The van der Waals surface area contributed by atoms with E-state index in [1.165, 1.54) is 16.7 Å². The summed E-state index contributed by atoms with van der Waals surface area (Å²) in [6, 6.07) is 19.2. The summed E-state index contributed by atoms with van der Waals surface area (Å²) in [4.78, 5) is 13.9. The van der Waals surface area contributed by atoms with Crippen molar-refractivity contribution in [2.24, 2.45) is 0 Å². The zero-order valence-electron chi connectivity index (χ0n) is 17.0. The summed E-state index contributed by atoms with van der Waals surface area (Å²) in [6.45, 7) is 6.55. The van der Waals surface area contributed by atoms with Crippen molar-refractivity contribution in [2.75, 3.05) is 26.2 Å². The molecule has 2 aromatic rings. The lowest BCUT2D eigenvalue weighted by Gasteiger charge is -2.33. The fourth-order valence-corrected chi connectivity index (χ4v) is 3.69. The van der Waals surface area contributed by atoms with Gasteiger partial charge in [-0.2, -0.15) is 0 Å². The molecule has 1 unspecified atom stereocenters. The summed E-state index contributed by atoms with van der Waals surface area (Å²) in [6.07, 6.45) is 3.02. The van der Waals surface area contributed by atoms with Gasteiger partial charge in [-0.1, -0.05) is 61.5 Å². The molecule has 0 N–H and O–H groups in total. The summed E-state index contributed by atoms with van der Waals surface area (Å²) >= 11 is 0. The van der Waals surface area contributed by atoms with Crippen molar-refractivity contribution < 1.29 is 14.3 Å². The number of esters is 1. The third-order valence-corrected chi connectivity index (χ3v) is 5.31. The molecule has 0 spiro atoms. The van der Waals surface area contributed by atoms with Crippen LogP contribution in [0.2, 0.25) is 0 Å². The molecule has 1 aliphatic rings. The van der Waals surface area contributed by atoms with Crippen LogP contribution < -0.4 is 0 Å². The molecule has 0 aliphatic carbocycles. The molecule has 1 atom stereocenters. The highest BCUT2D eigenvalue weighted by atomic mass is 16.5. The number of benzene rings is 2. The predicted octanol–water partition coefficient (Wildman–Crippen LogP) is 4.38. The molecule has 0 radical (unpaired) electrons. The molecule has 1 heterocycles. The fraction of sp³-hybridized carbons (Fsp3) is 0.458. The molecule has 0 amide bonds. The van der Waals surface area contributed by atoms with E-state index < -0.39 is 0 Å². The second-order valence-electron chi connectivity index (χ2n) is 7.30. The second-order valence-corrected chi connectivity index (χ2v) is 7.30. The molecule has 3 rings (SSSR count). The lowest BCUT2D eigenvalue weighted by Crippen LogP contribution is -2.40. The number of carbonyl (C=O) groups is 1. The largest absolute Gasteiger partial charge is 0.465 e. The Morgan fingerprint density at radius 3 is 2.25 bits per heavy atom. The summed E-state index contributed by atoms with van der Waals surface area (Å²) in [5.74, 6) is -0.139. The van der Waals surface area contributed by atoms with Gasteiger partial charge in [-0.05, 0) is 42.9 Å². The molecule has 4 heteroatoms. The minimum Gasteiger partial charge on any atom is -0.465 e. The quantitative estimate of drug-likeness (QED) is 0.636. The van der Waals surface area contributed by atoms with E-state index in [4.69, 9.17) is 9.47 Å². The Morgan fingerprint density at radius 2 is 1.64 bits per heavy atom. The van der Waals surface area contributed by atoms with Crippen molar-refractivity contribution in [3.63, 3.8) is 0 Å². The molecule has 0 saturated carbocycles. The van der Waals surface area contributed by atoms with Gasteiger partial charge in [0.25, 0.3) is 0 Å². The second kappa shape index (κ2) is 10.4. The van der Waals surface area contributed by atoms with E-state index in [-0.39, 0.29) is 18.2 Å². The number of nitrogens with zero attached hydrogens (tertiary/aromatic N) is 1. The number of ether oxygens (including phenoxy) is 2. The van der Waals surface area contributed by atoms with E-state index in [1.54, 1.807) is 0 Å². The van der Waals surface area contributed by atoms with Gasteiger partial charge in [0, 0.05) is 13.1 Å². The molecule has 0 bridgehead atoms. The molecular formula is C24H31NO3. The first-order chi connectivity index (χ1) is 13.7. The minimum atomic E-state index is -0.139. The predicted molar refractivity (Wildman–Crippen MR) is 111 cm³/mol. The van der Waals surface area contributed by atoms with Crippen molar-refractivity contribution in [1.29, 1.82) is 0 Å². The van der Waals surface area contributed by atoms with Gasteiger partial charge in [0.05, 0.1) is 19.3 Å². The maximum absolute atomic E-state index is 11.7. The van der Waals surface area contributed by atoms with Crippen molar-refractivity contribution in [2.45, 2.75) is 45.3 Å². The highest BCUT2D eigenvalue weighted by molar-refractivity contribution is 5.71. The minimum absolute atomic E-state index is 0.0614. The molecule has 1 saturated heterocycles. The van der Waals surface area contributed by atoms with Gasteiger partial charge >= 0.3 is 5.97 Å². The molecule has 150 valence electrons. The first-order valence-electron chi connectivity index (χ1n) is 10.4. The van der Waals surface area contributed by atoms with E-state index in [9.17, 15) is 4.79 Å². The van der Waals surface area contributed by atoms with Crippen LogP contribution >= 0.6 is 0 Å². The average Bonchev–Trinajstić information content (AvgIpc) is 2.74. The third-order valence-electron chi connectivity index (χ3n) is 5.31. The number of likely N-dealkylation sites (tertiary alicyclic amines) is 1. The van der Waals surface area contributed by atoms with Gasteiger partial charge in [-0.3, -0.25) is 9.69 Å². The van der Waals surface area contributed by atoms with Gasteiger partial charge < -0.3 is 9.47 Å². The normalized spacial score (nSPS) is 16.6. The molecule has 2 aromatic carbocycles. The number of aryl methyl sites for hydroxylation is 1. The zero-order valence-corrected chi connectivity index (χ0v) is 17.0. The Hall–Kier alpha value is -2.17. The van der Waals surface area contributed by atoms with Crippen LogP contribution in [0.3, 0.4) is 0 Å². The van der Waals surface area contributed by atoms with Crippen LogP contribution in [0.1, 0.15) is 49.5 Å². The van der Waals surface area contributed by atoms with E-state index >= 15 is 0 Å². The molecule has 28 heavy (non-hydrogen) atoms. The zero-order chi connectivity index (χ0) is 19.8. The Bertz CT molecular complexity index is 721. The Labute approximate surface area is 168 Å². The van der Waals surface area contributed by atoms with Crippen LogP contribution in [0.25, 0.3) is 0 Å². The van der Waals surface area contributed by atoms with Gasteiger partial charge in [0.2, 0.25) is 0 Å². The lowest BCUT2D eigenvalue weighted by molar-refractivity contribution is -0.145. The van der Waals surface area contributed by atoms with E-state index in [0.29, 0.717) is 13.2 Å². The van der Waals surface area contributed by atoms with Crippen molar-refractivity contribution >= 4 is 5.97 Å². The molecule has 1 fully saturated rings. The van der Waals surface area contributed by atoms with Crippen molar-refractivity contribution in [1.82, 2.24) is 4.90 Å². The number of rotatable bonds is 8. The Balaban J connectivity index is 1.65. The highest BCUT2D eigenvalue weighted by Gasteiger charge is 2.25. The Kier molecular flexibility index (Phi) is 7.63. The fourth-order valence-electron chi connectivity index (χ4n) is 3.69. The highest BCUT2D eigenvalue weighted by Crippen LogP contribution is 2.30. The monoisotopic (exact) mass is 381 g/mol. The van der Waals surface area contributed by atoms with Crippen LogP contribution in [0.15, 0.2) is 54.6 Å². The summed E-state index contributed by atoms with van der Waals surface area (Å²) in [7, 11) is 0. The van der Waals surface area contributed by atoms with Crippen LogP contribution in [0.5, 0.6) is 0 Å². The summed E-state index contributed by atoms with van der Waals surface area (Å²) in [5, 5.41) is 0. The lowest BCUT2D eigenvalue weighted by atomic mass is 9.98. The smallest absolute Gasteiger partial charge is 0.320 e. The van der Waals surface area contributed by atoms with E-state index in [0.717, 1.165) is 32.4 Å². The maximum Gasteiger partial charge on any atom is 0.320 e. The average molecular weight is 382 g/mol. The van der Waals surface area contributed by atoms with Crippen LogP contribution in [0.4, 0.5) is 0 Å². The summed E-state index contributed by atoms with van der Waals surface area (Å²) < 4.78 is 11.7. The van der Waals surface area contributed by atoms with E-state index in [2.05, 4.69) is 60.4 Å². The number of carbonyl (C=O) groups excluding carboxylic acids is 1. The van der Waals surface area contributed by atoms with Gasteiger partial charge in [0.1, 0.15) is 6.10 Å².